The minimum absolute atomic E-state index is 0.0852. The van der Waals surface area contributed by atoms with Crippen molar-refractivity contribution in [2.75, 3.05) is 7.11 Å². The van der Waals surface area contributed by atoms with Crippen LogP contribution in [-0.4, -0.2) is 41.8 Å². The first-order chi connectivity index (χ1) is 15.5. The van der Waals surface area contributed by atoms with Crippen molar-refractivity contribution in [3.63, 3.8) is 0 Å². The number of ether oxygens (including phenoxy) is 2. The number of rotatable bonds is 6. The van der Waals surface area contributed by atoms with Crippen molar-refractivity contribution in [3.8, 4) is 5.75 Å². The van der Waals surface area contributed by atoms with Gasteiger partial charge in [-0.1, -0.05) is 48.5 Å². The molecule has 3 aromatic carbocycles. The van der Waals surface area contributed by atoms with Crippen LogP contribution in [-0.2, 0) is 16.0 Å². The van der Waals surface area contributed by atoms with Gasteiger partial charge in [-0.05, 0) is 35.9 Å². The predicted octanol–water partition coefficient (Wildman–Crippen LogP) is 3.29. The normalized spacial score (nSPS) is 13.5. The number of amides is 2. The summed E-state index contributed by atoms with van der Waals surface area (Å²) in [5.74, 6) is -2.36. The Kier molecular flexibility index (Phi) is 5.81. The minimum atomic E-state index is -1.19. The van der Waals surface area contributed by atoms with Crippen molar-refractivity contribution in [1.82, 2.24) is 4.90 Å². The zero-order valence-electron chi connectivity index (χ0n) is 17.2. The largest absolute Gasteiger partial charge is 0.465 e. The van der Waals surface area contributed by atoms with E-state index in [4.69, 9.17) is 9.47 Å². The number of nitrogens with zero attached hydrogens (tertiary/aromatic N) is 1. The molecule has 0 unspecified atom stereocenters. The molecule has 0 fully saturated rings. The van der Waals surface area contributed by atoms with Gasteiger partial charge in [-0.15, -0.1) is 0 Å². The average Bonchev–Trinajstić information content (AvgIpc) is 3.08. The molecule has 32 heavy (non-hydrogen) atoms. The Labute approximate surface area is 184 Å². The maximum atomic E-state index is 13.2. The Morgan fingerprint density at radius 1 is 0.844 bits per heavy atom. The molecule has 1 atom stereocenters. The zero-order chi connectivity index (χ0) is 22.7. The summed E-state index contributed by atoms with van der Waals surface area (Å²) in [6.07, 6.45) is 0.0852. The van der Waals surface area contributed by atoms with E-state index in [1.54, 1.807) is 54.6 Å². The molecule has 0 aromatic heterocycles. The quantitative estimate of drug-likeness (QED) is 0.339. The van der Waals surface area contributed by atoms with Crippen molar-refractivity contribution in [2.24, 2.45) is 0 Å². The highest BCUT2D eigenvalue weighted by atomic mass is 16.5. The first kappa shape index (κ1) is 21.0. The van der Waals surface area contributed by atoms with Gasteiger partial charge in [0.1, 0.15) is 11.8 Å². The molecule has 1 aliphatic heterocycles. The molecule has 0 spiro atoms. The molecule has 4 rings (SSSR count). The summed E-state index contributed by atoms with van der Waals surface area (Å²) in [7, 11) is 1.25. The van der Waals surface area contributed by atoms with Gasteiger partial charge in [0.05, 0.1) is 23.8 Å². The molecule has 0 saturated carbocycles. The van der Waals surface area contributed by atoms with Gasteiger partial charge in [0, 0.05) is 6.42 Å². The van der Waals surface area contributed by atoms with Crippen molar-refractivity contribution >= 4 is 23.8 Å². The van der Waals surface area contributed by atoms with E-state index in [0.29, 0.717) is 0 Å². The molecule has 3 aromatic rings. The second-order valence-corrected chi connectivity index (χ2v) is 7.17. The fourth-order valence-corrected chi connectivity index (χ4v) is 3.60. The number of esters is 2. The number of fused-ring (bicyclic) bond motifs is 1. The lowest BCUT2D eigenvalue weighted by Gasteiger charge is -2.24. The molecule has 2 amide bonds. The minimum Gasteiger partial charge on any atom is -0.465 e. The van der Waals surface area contributed by atoms with Gasteiger partial charge >= 0.3 is 11.9 Å². The van der Waals surface area contributed by atoms with Gasteiger partial charge in [0.25, 0.3) is 11.8 Å². The standard InChI is InChI=1S/C25H19NO6/c1-31-24(29)17-10-7-11-18(15-17)32-25(30)21(14-16-8-3-2-4-9-16)26-22(27)19-12-5-6-13-20(19)23(26)28/h2-13,15,21H,14H2,1H3/t21-/m0/s1. The van der Waals surface area contributed by atoms with E-state index >= 15 is 0 Å². The molecular weight excluding hydrogens is 410 g/mol. The van der Waals surface area contributed by atoms with E-state index in [0.717, 1.165) is 10.5 Å². The van der Waals surface area contributed by atoms with Crippen molar-refractivity contribution < 1.29 is 28.7 Å². The third-order valence-electron chi connectivity index (χ3n) is 5.15. The lowest BCUT2D eigenvalue weighted by atomic mass is 10.0. The number of carbonyl (C=O) groups excluding carboxylic acids is 4. The number of carbonyl (C=O) groups is 4. The summed E-state index contributed by atoms with van der Waals surface area (Å²) in [6, 6.07) is 20.2. The summed E-state index contributed by atoms with van der Waals surface area (Å²) in [4.78, 5) is 52.0. The highest BCUT2D eigenvalue weighted by molar-refractivity contribution is 6.22. The first-order valence-corrected chi connectivity index (χ1v) is 9.90. The number of imide groups is 1. The molecule has 0 saturated heterocycles. The third kappa shape index (κ3) is 4.00. The Morgan fingerprint density at radius 3 is 2.09 bits per heavy atom. The number of methoxy groups -OCH3 is 1. The lowest BCUT2D eigenvalue weighted by molar-refractivity contribution is -0.138. The van der Waals surface area contributed by atoms with Gasteiger partial charge in [-0.2, -0.15) is 0 Å². The molecule has 7 heteroatoms. The van der Waals surface area contributed by atoms with Crippen LogP contribution in [0.2, 0.25) is 0 Å². The van der Waals surface area contributed by atoms with Gasteiger partial charge in [-0.3, -0.25) is 14.5 Å². The van der Waals surface area contributed by atoms with E-state index in [-0.39, 0.29) is 28.9 Å². The van der Waals surface area contributed by atoms with Gasteiger partial charge < -0.3 is 9.47 Å². The van der Waals surface area contributed by atoms with Crippen LogP contribution in [0.3, 0.4) is 0 Å². The summed E-state index contributed by atoms with van der Waals surface area (Å²) in [6.45, 7) is 0. The SMILES string of the molecule is COC(=O)c1cccc(OC(=O)[C@H](Cc2ccccc2)N2C(=O)c3ccccc3C2=O)c1. The molecule has 0 radical (unpaired) electrons. The predicted molar refractivity (Wildman–Crippen MR) is 114 cm³/mol. The molecule has 160 valence electrons. The van der Waals surface area contributed by atoms with Crippen molar-refractivity contribution in [1.29, 1.82) is 0 Å². The highest BCUT2D eigenvalue weighted by Gasteiger charge is 2.43. The highest BCUT2D eigenvalue weighted by Crippen LogP contribution is 2.27. The van der Waals surface area contributed by atoms with Crippen molar-refractivity contribution in [3.05, 3.63) is 101 Å². The zero-order valence-corrected chi connectivity index (χ0v) is 17.2. The van der Waals surface area contributed by atoms with E-state index in [9.17, 15) is 19.2 Å². The Balaban J connectivity index is 1.66. The first-order valence-electron chi connectivity index (χ1n) is 9.90. The Morgan fingerprint density at radius 2 is 1.47 bits per heavy atom. The smallest absolute Gasteiger partial charge is 0.337 e. The van der Waals surface area contributed by atoms with Gasteiger partial charge in [0.15, 0.2) is 0 Å². The summed E-state index contributed by atoms with van der Waals surface area (Å²) >= 11 is 0. The van der Waals surface area contributed by atoms with Crippen LogP contribution in [0.1, 0.15) is 36.6 Å². The van der Waals surface area contributed by atoms with Crippen LogP contribution in [0.15, 0.2) is 78.9 Å². The van der Waals surface area contributed by atoms with E-state index in [1.165, 1.54) is 25.3 Å². The molecule has 7 nitrogen and oxygen atoms in total. The second-order valence-electron chi connectivity index (χ2n) is 7.17. The molecule has 0 aliphatic carbocycles. The van der Waals surface area contributed by atoms with Crippen LogP contribution in [0.5, 0.6) is 5.75 Å². The average molecular weight is 429 g/mol. The summed E-state index contributed by atoms with van der Waals surface area (Å²) < 4.78 is 10.2. The van der Waals surface area contributed by atoms with E-state index < -0.39 is 29.8 Å². The Hall–Kier alpha value is -4.26. The summed E-state index contributed by atoms with van der Waals surface area (Å²) in [5, 5.41) is 0. The fourth-order valence-electron chi connectivity index (χ4n) is 3.60. The van der Waals surface area contributed by atoms with Crippen LogP contribution < -0.4 is 4.74 Å². The van der Waals surface area contributed by atoms with Crippen LogP contribution in [0.25, 0.3) is 0 Å². The maximum Gasteiger partial charge on any atom is 0.337 e. The number of hydrogen-bond acceptors (Lipinski definition) is 6. The lowest BCUT2D eigenvalue weighted by Crippen LogP contribution is -2.48. The van der Waals surface area contributed by atoms with Crippen LogP contribution >= 0.6 is 0 Å². The molecule has 1 heterocycles. The van der Waals surface area contributed by atoms with E-state index in [2.05, 4.69) is 0 Å². The van der Waals surface area contributed by atoms with E-state index in [1.807, 2.05) is 6.07 Å². The molecule has 1 aliphatic rings. The number of hydrogen-bond donors (Lipinski definition) is 0. The van der Waals surface area contributed by atoms with Crippen molar-refractivity contribution in [2.45, 2.75) is 12.5 Å². The topological polar surface area (TPSA) is 90.0 Å². The monoisotopic (exact) mass is 429 g/mol. The van der Waals surface area contributed by atoms with Crippen LogP contribution in [0, 0.1) is 0 Å². The fraction of sp³-hybridized carbons (Fsp3) is 0.120. The maximum absolute atomic E-state index is 13.2. The Bertz CT molecular complexity index is 1170. The van der Waals surface area contributed by atoms with Gasteiger partial charge in [0.2, 0.25) is 0 Å². The molecular formula is C25H19NO6. The molecule has 0 bridgehead atoms. The summed E-state index contributed by atoms with van der Waals surface area (Å²) in [5.41, 5.74) is 1.46. The number of benzene rings is 3. The molecule has 0 N–H and O–H groups in total. The third-order valence-corrected chi connectivity index (χ3v) is 5.15. The van der Waals surface area contributed by atoms with Gasteiger partial charge in [-0.25, -0.2) is 9.59 Å². The van der Waals surface area contributed by atoms with Crippen LogP contribution in [0.4, 0.5) is 0 Å². The second kappa shape index (κ2) is 8.85.